The number of H-pyrrole nitrogens is 1. The summed E-state index contributed by atoms with van der Waals surface area (Å²) in [5.74, 6) is -0.458. The van der Waals surface area contributed by atoms with Gasteiger partial charge in [-0.3, -0.25) is 9.78 Å². The second kappa shape index (κ2) is 5.65. The Kier molecular flexibility index (Phi) is 3.56. The molecule has 5 nitrogen and oxygen atoms in total. The monoisotopic (exact) mass is 338 g/mol. The highest BCUT2D eigenvalue weighted by molar-refractivity contribution is 5.95. The Morgan fingerprint density at radius 2 is 2.04 bits per heavy atom. The minimum atomic E-state index is -0.424. The van der Waals surface area contributed by atoms with Crippen molar-refractivity contribution in [3.05, 3.63) is 58.4 Å². The number of aryl methyl sites for hydroxylation is 2. The number of carbonyl (C=O) groups excluding carboxylic acids is 1. The first-order valence-corrected chi connectivity index (χ1v) is 8.38. The number of halogens is 1. The first kappa shape index (κ1) is 15.7. The standard InChI is InChI=1S/C19H19FN4O/c1-10-4-7-14(20)17-16(10)22-18(23-17)19(25)24-9-8-15-13(12(24)3)6-5-11(2)21-15/h4-7,12H,8-9H2,1-3H3,(H,22,23). The van der Waals surface area contributed by atoms with Gasteiger partial charge in [-0.1, -0.05) is 12.1 Å². The molecule has 0 radical (unpaired) electrons. The van der Waals surface area contributed by atoms with Crippen LogP contribution in [0.2, 0.25) is 0 Å². The average molecular weight is 338 g/mol. The van der Waals surface area contributed by atoms with Crippen molar-refractivity contribution >= 4 is 16.9 Å². The van der Waals surface area contributed by atoms with Crippen molar-refractivity contribution in [2.45, 2.75) is 33.2 Å². The van der Waals surface area contributed by atoms with Crippen LogP contribution in [0.4, 0.5) is 4.39 Å². The summed E-state index contributed by atoms with van der Waals surface area (Å²) in [6.45, 7) is 6.39. The van der Waals surface area contributed by atoms with Gasteiger partial charge in [0.05, 0.1) is 11.6 Å². The largest absolute Gasteiger partial charge is 0.334 e. The van der Waals surface area contributed by atoms with E-state index in [2.05, 4.69) is 15.0 Å². The van der Waals surface area contributed by atoms with Crippen LogP contribution in [0, 0.1) is 19.7 Å². The zero-order valence-corrected chi connectivity index (χ0v) is 14.4. The van der Waals surface area contributed by atoms with Crippen LogP contribution < -0.4 is 0 Å². The molecule has 128 valence electrons. The number of imidazole rings is 1. The maximum atomic E-state index is 14.0. The van der Waals surface area contributed by atoms with Gasteiger partial charge in [0.15, 0.2) is 11.6 Å². The molecule has 0 spiro atoms. The number of benzene rings is 1. The molecular weight excluding hydrogens is 319 g/mol. The summed E-state index contributed by atoms with van der Waals surface area (Å²) in [6.07, 6.45) is 0.709. The quantitative estimate of drug-likeness (QED) is 0.739. The topological polar surface area (TPSA) is 61.9 Å². The highest BCUT2D eigenvalue weighted by Crippen LogP contribution is 2.30. The van der Waals surface area contributed by atoms with Gasteiger partial charge < -0.3 is 9.88 Å². The number of carbonyl (C=O) groups is 1. The van der Waals surface area contributed by atoms with E-state index in [1.165, 1.54) is 6.07 Å². The van der Waals surface area contributed by atoms with E-state index in [9.17, 15) is 9.18 Å². The fourth-order valence-electron chi connectivity index (χ4n) is 3.50. The van der Waals surface area contributed by atoms with Crippen LogP contribution in [-0.4, -0.2) is 32.3 Å². The predicted octanol–water partition coefficient (Wildman–Crippen LogP) is 3.47. The van der Waals surface area contributed by atoms with E-state index in [1.807, 2.05) is 32.9 Å². The molecule has 1 amide bonds. The van der Waals surface area contributed by atoms with E-state index in [1.54, 1.807) is 11.0 Å². The molecule has 0 saturated heterocycles. The zero-order chi connectivity index (χ0) is 17.7. The van der Waals surface area contributed by atoms with Crippen molar-refractivity contribution in [3.8, 4) is 0 Å². The third-order valence-corrected chi connectivity index (χ3v) is 4.92. The van der Waals surface area contributed by atoms with Crippen LogP contribution in [0.15, 0.2) is 24.3 Å². The molecule has 3 heterocycles. The summed E-state index contributed by atoms with van der Waals surface area (Å²) in [6, 6.07) is 6.95. The normalized spacial score (nSPS) is 17.0. The molecule has 2 aromatic heterocycles. The number of aromatic amines is 1. The minimum Gasteiger partial charge on any atom is -0.334 e. The number of hydrogen-bond donors (Lipinski definition) is 1. The molecular formula is C19H19FN4O. The van der Waals surface area contributed by atoms with E-state index in [-0.39, 0.29) is 23.3 Å². The molecule has 3 aromatic rings. The van der Waals surface area contributed by atoms with E-state index in [0.29, 0.717) is 18.5 Å². The molecule has 1 unspecified atom stereocenters. The van der Waals surface area contributed by atoms with Crippen LogP contribution in [0.1, 0.15) is 46.1 Å². The second-order valence-corrected chi connectivity index (χ2v) is 6.59. The molecule has 0 fully saturated rings. The summed E-state index contributed by atoms with van der Waals surface area (Å²) >= 11 is 0. The fourth-order valence-corrected chi connectivity index (χ4v) is 3.50. The first-order chi connectivity index (χ1) is 12.0. The van der Waals surface area contributed by atoms with Crippen molar-refractivity contribution < 1.29 is 9.18 Å². The van der Waals surface area contributed by atoms with Gasteiger partial charge in [-0.05, 0) is 44.0 Å². The van der Waals surface area contributed by atoms with Gasteiger partial charge in [-0.2, -0.15) is 0 Å². The molecule has 1 aliphatic rings. The van der Waals surface area contributed by atoms with E-state index in [0.717, 1.165) is 22.5 Å². The summed E-state index contributed by atoms with van der Waals surface area (Å²) in [5.41, 5.74) is 4.73. The number of nitrogens with zero attached hydrogens (tertiary/aromatic N) is 3. The predicted molar refractivity (Wildman–Crippen MR) is 92.9 cm³/mol. The van der Waals surface area contributed by atoms with E-state index < -0.39 is 5.82 Å². The molecule has 1 N–H and O–H groups in total. The maximum absolute atomic E-state index is 14.0. The van der Waals surface area contributed by atoms with Crippen molar-refractivity contribution in [2.75, 3.05) is 6.54 Å². The van der Waals surface area contributed by atoms with Crippen molar-refractivity contribution in [1.29, 1.82) is 0 Å². The third-order valence-electron chi connectivity index (χ3n) is 4.92. The van der Waals surface area contributed by atoms with E-state index in [4.69, 9.17) is 0 Å². The fraction of sp³-hybridized carbons (Fsp3) is 0.316. The SMILES string of the molecule is Cc1ccc2c(n1)CCN(C(=O)c1nc3c(F)ccc(C)c3[nH]1)C2C. The second-order valence-electron chi connectivity index (χ2n) is 6.59. The molecule has 0 bridgehead atoms. The lowest BCUT2D eigenvalue weighted by atomic mass is 9.97. The molecule has 0 aliphatic carbocycles. The van der Waals surface area contributed by atoms with Crippen LogP contribution in [0.5, 0.6) is 0 Å². The maximum Gasteiger partial charge on any atom is 0.290 e. The van der Waals surface area contributed by atoms with Gasteiger partial charge in [0.2, 0.25) is 0 Å². The third kappa shape index (κ3) is 2.49. The highest BCUT2D eigenvalue weighted by atomic mass is 19.1. The smallest absolute Gasteiger partial charge is 0.290 e. The van der Waals surface area contributed by atoms with Crippen LogP contribution in [0.3, 0.4) is 0 Å². The first-order valence-electron chi connectivity index (χ1n) is 8.38. The Bertz CT molecular complexity index is 955. The van der Waals surface area contributed by atoms with Crippen LogP contribution in [0.25, 0.3) is 11.0 Å². The Morgan fingerprint density at radius 3 is 2.80 bits per heavy atom. The number of aromatic nitrogens is 3. The molecule has 4 rings (SSSR count). The van der Waals surface area contributed by atoms with Crippen LogP contribution in [-0.2, 0) is 6.42 Å². The molecule has 1 aromatic carbocycles. The number of fused-ring (bicyclic) bond motifs is 2. The van der Waals surface area contributed by atoms with Crippen molar-refractivity contribution in [1.82, 2.24) is 19.9 Å². The van der Waals surface area contributed by atoms with Gasteiger partial charge in [0.1, 0.15) is 5.52 Å². The lowest BCUT2D eigenvalue weighted by Gasteiger charge is -2.34. The number of hydrogen-bond acceptors (Lipinski definition) is 3. The lowest BCUT2D eigenvalue weighted by Crippen LogP contribution is -2.39. The van der Waals surface area contributed by atoms with Gasteiger partial charge >= 0.3 is 0 Å². The van der Waals surface area contributed by atoms with Gasteiger partial charge in [-0.25, -0.2) is 9.37 Å². The van der Waals surface area contributed by atoms with Crippen LogP contribution >= 0.6 is 0 Å². The Balaban J connectivity index is 1.71. The molecule has 25 heavy (non-hydrogen) atoms. The Hall–Kier alpha value is -2.76. The lowest BCUT2D eigenvalue weighted by molar-refractivity contribution is 0.0665. The summed E-state index contributed by atoms with van der Waals surface area (Å²) in [7, 11) is 0. The number of pyridine rings is 1. The van der Waals surface area contributed by atoms with Gasteiger partial charge in [-0.15, -0.1) is 0 Å². The van der Waals surface area contributed by atoms with Crippen molar-refractivity contribution in [2.24, 2.45) is 0 Å². The molecule has 6 heteroatoms. The summed E-state index contributed by atoms with van der Waals surface area (Å²) < 4.78 is 14.0. The van der Waals surface area contributed by atoms with Crippen molar-refractivity contribution in [3.63, 3.8) is 0 Å². The Labute approximate surface area is 144 Å². The van der Waals surface area contributed by atoms with Gasteiger partial charge in [0, 0.05) is 24.4 Å². The van der Waals surface area contributed by atoms with Gasteiger partial charge in [0.25, 0.3) is 5.91 Å². The minimum absolute atomic E-state index is 0.0940. The average Bonchev–Trinajstić information content (AvgIpc) is 3.04. The molecule has 0 saturated carbocycles. The number of rotatable bonds is 1. The summed E-state index contributed by atoms with van der Waals surface area (Å²) in [5, 5.41) is 0. The van der Waals surface area contributed by atoms with E-state index >= 15 is 0 Å². The number of amides is 1. The summed E-state index contributed by atoms with van der Waals surface area (Å²) in [4.78, 5) is 26.5. The zero-order valence-electron chi connectivity index (χ0n) is 14.4. The molecule has 1 aliphatic heterocycles. The Morgan fingerprint density at radius 1 is 1.24 bits per heavy atom. The number of nitrogens with one attached hydrogen (secondary N) is 1. The highest BCUT2D eigenvalue weighted by Gasteiger charge is 2.30. The molecule has 1 atom stereocenters.